The van der Waals surface area contributed by atoms with Gasteiger partial charge in [-0.15, -0.1) is 0 Å². The molecule has 0 fully saturated rings. The van der Waals surface area contributed by atoms with Gasteiger partial charge in [-0.1, -0.05) is 12.6 Å². The molecule has 0 saturated carbocycles. The molecule has 1 aromatic carbocycles. The van der Waals surface area contributed by atoms with Crippen LogP contribution >= 0.6 is 0 Å². The lowest BCUT2D eigenvalue weighted by Gasteiger charge is -2.14. The second-order valence-corrected chi connectivity index (χ2v) is 5.68. The van der Waals surface area contributed by atoms with E-state index in [9.17, 15) is 22.0 Å². The van der Waals surface area contributed by atoms with Crippen molar-refractivity contribution < 1.29 is 22.0 Å². The quantitative estimate of drug-likeness (QED) is 0.831. The van der Waals surface area contributed by atoms with Crippen molar-refractivity contribution in [3.63, 3.8) is 0 Å². The van der Waals surface area contributed by atoms with E-state index in [1.165, 1.54) is 6.07 Å². The van der Waals surface area contributed by atoms with E-state index < -0.39 is 27.6 Å². The van der Waals surface area contributed by atoms with E-state index in [-0.39, 0.29) is 18.4 Å². The number of amides is 1. The van der Waals surface area contributed by atoms with Crippen molar-refractivity contribution in [2.24, 2.45) is 0 Å². The predicted octanol–water partition coefficient (Wildman–Crippen LogP) is 1.83. The number of carbonyl (C=O) groups excluding carboxylic acids is 1. The van der Waals surface area contributed by atoms with Crippen molar-refractivity contribution in [3.8, 4) is 0 Å². The highest BCUT2D eigenvalue weighted by molar-refractivity contribution is 7.92. The zero-order chi connectivity index (χ0) is 14.6. The van der Waals surface area contributed by atoms with E-state index in [0.29, 0.717) is 9.71 Å². The van der Waals surface area contributed by atoms with Crippen molar-refractivity contribution in [1.82, 2.24) is 4.31 Å². The van der Waals surface area contributed by atoms with Crippen LogP contribution in [0.1, 0.15) is 12.0 Å². The standard InChI is InChI=1S/C12H13F2NO3S/c1-3-19(17,18)15(2)12(16)8-7-9-10(13)5-4-6-11(9)14/h3-6H,1,7-8H2,2H3. The summed E-state index contributed by atoms with van der Waals surface area (Å²) in [6.45, 7) is 3.08. The van der Waals surface area contributed by atoms with Crippen LogP contribution in [0.15, 0.2) is 30.2 Å². The molecule has 1 amide bonds. The highest BCUT2D eigenvalue weighted by atomic mass is 32.2. The van der Waals surface area contributed by atoms with Crippen LogP contribution in [0.4, 0.5) is 8.78 Å². The van der Waals surface area contributed by atoms with E-state index in [1.807, 2.05) is 0 Å². The Hall–Kier alpha value is -1.76. The summed E-state index contributed by atoms with van der Waals surface area (Å²) in [5, 5.41) is 0.634. The second-order valence-electron chi connectivity index (χ2n) is 3.77. The van der Waals surface area contributed by atoms with E-state index in [1.54, 1.807) is 0 Å². The Morgan fingerprint density at radius 3 is 2.37 bits per heavy atom. The van der Waals surface area contributed by atoms with Crippen LogP contribution < -0.4 is 0 Å². The summed E-state index contributed by atoms with van der Waals surface area (Å²) in [5.74, 6) is -2.29. The van der Waals surface area contributed by atoms with Crippen LogP contribution in [0, 0.1) is 11.6 Å². The van der Waals surface area contributed by atoms with Gasteiger partial charge in [0.15, 0.2) is 0 Å². The molecule has 0 unspecified atom stereocenters. The first-order valence-corrected chi connectivity index (χ1v) is 6.87. The molecule has 1 aromatic rings. The number of rotatable bonds is 5. The van der Waals surface area contributed by atoms with Gasteiger partial charge in [0.1, 0.15) is 11.6 Å². The highest BCUT2D eigenvalue weighted by Crippen LogP contribution is 2.15. The van der Waals surface area contributed by atoms with Gasteiger partial charge in [-0.25, -0.2) is 21.5 Å². The molecule has 0 aliphatic carbocycles. The van der Waals surface area contributed by atoms with Gasteiger partial charge in [-0.05, 0) is 18.6 Å². The summed E-state index contributed by atoms with van der Waals surface area (Å²) in [5.41, 5.74) is -0.236. The first-order chi connectivity index (χ1) is 8.79. The van der Waals surface area contributed by atoms with E-state index in [0.717, 1.165) is 19.2 Å². The average Bonchev–Trinajstić information content (AvgIpc) is 2.37. The summed E-state index contributed by atoms with van der Waals surface area (Å²) in [6, 6.07) is 3.37. The molecule has 4 nitrogen and oxygen atoms in total. The van der Waals surface area contributed by atoms with Crippen LogP contribution in [0.2, 0.25) is 0 Å². The monoisotopic (exact) mass is 289 g/mol. The summed E-state index contributed by atoms with van der Waals surface area (Å²) in [4.78, 5) is 11.6. The zero-order valence-electron chi connectivity index (χ0n) is 10.3. The molecule has 0 bridgehead atoms. The maximum absolute atomic E-state index is 13.3. The van der Waals surface area contributed by atoms with Crippen LogP contribution in [0.3, 0.4) is 0 Å². The van der Waals surface area contributed by atoms with E-state index in [4.69, 9.17) is 0 Å². The average molecular weight is 289 g/mol. The number of carbonyl (C=O) groups is 1. The van der Waals surface area contributed by atoms with E-state index >= 15 is 0 Å². The smallest absolute Gasteiger partial charge is 0.258 e. The largest absolute Gasteiger partial charge is 0.274 e. The lowest BCUT2D eigenvalue weighted by molar-refractivity contribution is -0.125. The van der Waals surface area contributed by atoms with Gasteiger partial charge in [0.05, 0.1) is 0 Å². The third kappa shape index (κ3) is 3.60. The minimum Gasteiger partial charge on any atom is -0.274 e. The molecule has 0 saturated heterocycles. The van der Waals surface area contributed by atoms with Crippen molar-refractivity contribution in [3.05, 3.63) is 47.4 Å². The Bertz CT molecular complexity index is 579. The minimum absolute atomic E-state index is 0.214. The van der Waals surface area contributed by atoms with Gasteiger partial charge >= 0.3 is 0 Å². The Kier molecular flexibility index (Phi) is 4.77. The van der Waals surface area contributed by atoms with Crippen LogP contribution in [0.5, 0.6) is 0 Å². The van der Waals surface area contributed by atoms with Gasteiger partial charge in [0.2, 0.25) is 5.91 Å². The maximum atomic E-state index is 13.3. The minimum atomic E-state index is -3.86. The third-order valence-electron chi connectivity index (χ3n) is 2.59. The predicted molar refractivity (Wildman–Crippen MR) is 66.6 cm³/mol. The van der Waals surface area contributed by atoms with Gasteiger partial charge in [-0.3, -0.25) is 4.79 Å². The van der Waals surface area contributed by atoms with Gasteiger partial charge in [0.25, 0.3) is 10.0 Å². The summed E-state index contributed by atoms with van der Waals surface area (Å²) in [6.07, 6.45) is -0.532. The fraction of sp³-hybridized carbons (Fsp3) is 0.250. The van der Waals surface area contributed by atoms with Crippen molar-refractivity contribution in [1.29, 1.82) is 0 Å². The highest BCUT2D eigenvalue weighted by Gasteiger charge is 2.20. The molecule has 0 spiro atoms. The lowest BCUT2D eigenvalue weighted by atomic mass is 10.1. The molecule has 0 heterocycles. The first-order valence-electron chi connectivity index (χ1n) is 5.36. The Balaban J connectivity index is 2.78. The number of hydrogen-bond donors (Lipinski definition) is 0. The molecule has 1 rings (SSSR count). The normalized spacial score (nSPS) is 11.1. The van der Waals surface area contributed by atoms with Gasteiger partial charge in [-0.2, -0.15) is 0 Å². The Morgan fingerprint density at radius 1 is 1.37 bits per heavy atom. The first kappa shape index (κ1) is 15.3. The molecule has 0 radical (unpaired) electrons. The van der Waals surface area contributed by atoms with Crippen LogP contribution in [-0.2, 0) is 21.2 Å². The molecule has 0 aromatic heterocycles. The fourth-order valence-electron chi connectivity index (χ4n) is 1.41. The summed E-state index contributed by atoms with van der Waals surface area (Å²) in [7, 11) is -2.80. The van der Waals surface area contributed by atoms with Gasteiger partial charge in [0, 0.05) is 24.4 Å². The van der Waals surface area contributed by atoms with Crippen molar-refractivity contribution in [2.75, 3.05) is 7.05 Å². The number of nitrogens with zero attached hydrogens (tertiary/aromatic N) is 1. The molecule has 104 valence electrons. The van der Waals surface area contributed by atoms with Crippen molar-refractivity contribution in [2.45, 2.75) is 12.8 Å². The molecule has 0 aliphatic heterocycles. The molecular formula is C12H13F2NO3S. The second kappa shape index (κ2) is 5.92. The Morgan fingerprint density at radius 2 is 1.89 bits per heavy atom. The zero-order valence-corrected chi connectivity index (χ0v) is 11.1. The Labute approximate surface area is 110 Å². The van der Waals surface area contributed by atoms with E-state index in [2.05, 4.69) is 6.58 Å². The summed E-state index contributed by atoms with van der Waals surface area (Å²) < 4.78 is 49.8. The number of hydrogen-bond acceptors (Lipinski definition) is 3. The van der Waals surface area contributed by atoms with Crippen LogP contribution in [0.25, 0.3) is 0 Å². The van der Waals surface area contributed by atoms with Gasteiger partial charge < -0.3 is 0 Å². The van der Waals surface area contributed by atoms with Crippen molar-refractivity contribution >= 4 is 15.9 Å². The number of halogens is 2. The third-order valence-corrected chi connectivity index (χ3v) is 3.98. The van der Waals surface area contributed by atoms with Crippen LogP contribution in [-0.4, -0.2) is 25.7 Å². The topological polar surface area (TPSA) is 54.5 Å². The molecule has 0 N–H and O–H groups in total. The maximum Gasteiger partial charge on any atom is 0.258 e. The summed E-state index contributed by atoms with van der Waals surface area (Å²) >= 11 is 0. The molecule has 0 aliphatic rings. The fourth-order valence-corrected chi connectivity index (χ4v) is 2.01. The molecular weight excluding hydrogens is 276 g/mol. The molecule has 0 atom stereocenters. The number of benzene rings is 1. The number of sulfonamides is 1. The SMILES string of the molecule is C=CS(=O)(=O)N(C)C(=O)CCc1c(F)cccc1F. The molecule has 7 heteroatoms. The lowest BCUT2D eigenvalue weighted by Crippen LogP contribution is -2.31. The molecule has 19 heavy (non-hydrogen) atoms.